The van der Waals surface area contributed by atoms with Gasteiger partial charge in [-0.05, 0) is 46.9 Å². The lowest BCUT2D eigenvalue weighted by atomic mass is 9.98. The standard InChI is InChI=1S/C26H23NO2/c1-2-19(18-25(28)29)22-13-14-24-23(17-22)15-16-27(24)26(20-9-5-3-6-10-20)21-11-7-4-8-12-21/h3-18,26H,2H2,1H3,(H,28,29)/b19-18+. The van der Waals surface area contributed by atoms with Gasteiger partial charge in [-0.15, -0.1) is 0 Å². The third-order valence-electron chi connectivity index (χ3n) is 5.28. The molecule has 1 heterocycles. The van der Waals surface area contributed by atoms with Crippen LogP contribution in [0, 0.1) is 0 Å². The van der Waals surface area contributed by atoms with E-state index >= 15 is 0 Å². The maximum Gasteiger partial charge on any atom is 0.328 e. The Kier molecular flexibility index (Phi) is 5.30. The molecular weight excluding hydrogens is 358 g/mol. The van der Waals surface area contributed by atoms with Gasteiger partial charge in [-0.2, -0.15) is 0 Å². The van der Waals surface area contributed by atoms with Gasteiger partial charge in [-0.25, -0.2) is 4.79 Å². The molecule has 3 heteroatoms. The van der Waals surface area contributed by atoms with Crippen LogP contribution in [0.1, 0.15) is 36.1 Å². The largest absolute Gasteiger partial charge is 0.478 e. The summed E-state index contributed by atoms with van der Waals surface area (Å²) in [6, 6.07) is 29.3. The molecule has 0 unspecified atom stereocenters. The fourth-order valence-corrected chi connectivity index (χ4v) is 3.91. The molecule has 0 atom stereocenters. The maximum atomic E-state index is 11.1. The molecule has 0 fully saturated rings. The molecule has 1 aromatic heterocycles. The van der Waals surface area contributed by atoms with E-state index in [-0.39, 0.29) is 6.04 Å². The minimum Gasteiger partial charge on any atom is -0.478 e. The summed E-state index contributed by atoms with van der Waals surface area (Å²) in [4.78, 5) is 11.1. The van der Waals surface area contributed by atoms with E-state index < -0.39 is 5.97 Å². The van der Waals surface area contributed by atoms with Crippen LogP contribution in [0.3, 0.4) is 0 Å². The predicted molar refractivity (Wildman–Crippen MR) is 118 cm³/mol. The average molecular weight is 381 g/mol. The molecule has 4 rings (SSSR count). The van der Waals surface area contributed by atoms with Gasteiger partial charge in [0.15, 0.2) is 0 Å². The molecule has 3 aromatic carbocycles. The number of allylic oxidation sites excluding steroid dienone is 1. The van der Waals surface area contributed by atoms with Crippen molar-refractivity contribution < 1.29 is 9.90 Å². The van der Waals surface area contributed by atoms with E-state index in [0.717, 1.165) is 22.0 Å². The highest BCUT2D eigenvalue weighted by molar-refractivity contribution is 5.92. The number of aromatic nitrogens is 1. The van der Waals surface area contributed by atoms with Crippen LogP contribution in [0.4, 0.5) is 0 Å². The first-order valence-electron chi connectivity index (χ1n) is 9.81. The first-order chi connectivity index (χ1) is 14.2. The molecule has 0 aliphatic carbocycles. The van der Waals surface area contributed by atoms with E-state index in [0.29, 0.717) is 6.42 Å². The third kappa shape index (κ3) is 3.85. The molecule has 0 aliphatic heterocycles. The van der Waals surface area contributed by atoms with Crippen molar-refractivity contribution in [2.45, 2.75) is 19.4 Å². The molecule has 3 nitrogen and oxygen atoms in total. The molecule has 144 valence electrons. The fourth-order valence-electron chi connectivity index (χ4n) is 3.91. The lowest BCUT2D eigenvalue weighted by molar-refractivity contribution is -0.131. The highest BCUT2D eigenvalue weighted by Gasteiger charge is 2.18. The number of aliphatic carboxylic acids is 1. The van der Waals surface area contributed by atoms with Crippen molar-refractivity contribution in [3.05, 3.63) is 114 Å². The monoisotopic (exact) mass is 381 g/mol. The van der Waals surface area contributed by atoms with E-state index in [1.165, 1.54) is 17.2 Å². The highest BCUT2D eigenvalue weighted by Crippen LogP contribution is 2.32. The lowest BCUT2D eigenvalue weighted by Crippen LogP contribution is -2.11. The van der Waals surface area contributed by atoms with Crippen LogP contribution in [0.5, 0.6) is 0 Å². The number of benzene rings is 3. The van der Waals surface area contributed by atoms with Gasteiger partial charge in [0.05, 0.1) is 6.04 Å². The quantitative estimate of drug-likeness (QED) is 0.407. The number of carboxylic acid groups (broad SMARTS) is 1. The average Bonchev–Trinajstić information content (AvgIpc) is 3.16. The van der Waals surface area contributed by atoms with Crippen LogP contribution >= 0.6 is 0 Å². The Morgan fingerprint density at radius 1 is 0.931 bits per heavy atom. The topological polar surface area (TPSA) is 42.2 Å². The second-order valence-electron chi connectivity index (χ2n) is 7.08. The van der Waals surface area contributed by atoms with Crippen molar-refractivity contribution in [2.75, 3.05) is 0 Å². The van der Waals surface area contributed by atoms with Crippen LogP contribution in [0.15, 0.2) is 97.2 Å². The third-order valence-corrected chi connectivity index (χ3v) is 5.28. The Morgan fingerprint density at radius 2 is 1.55 bits per heavy atom. The summed E-state index contributed by atoms with van der Waals surface area (Å²) in [6.45, 7) is 1.98. The van der Waals surface area contributed by atoms with Gasteiger partial charge in [-0.3, -0.25) is 0 Å². The van der Waals surface area contributed by atoms with Gasteiger partial charge in [0.1, 0.15) is 0 Å². The minimum atomic E-state index is -0.910. The molecule has 0 amide bonds. The van der Waals surface area contributed by atoms with Crippen LogP contribution < -0.4 is 0 Å². The Hall–Kier alpha value is -3.59. The molecule has 0 radical (unpaired) electrons. The van der Waals surface area contributed by atoms with Crippen molar-refractivity contribution in [1.29, 1.82) is 0 Å². The summed E-state index contributed by atoms with van der Waals surface area (Å²) in [5.41, 5.74) is 5.35. The van der Waals surface area contributed by atoms with E-state index in [2.05, 4.69) is 77.5 Å². The van der Waals surface area contributed by atoms with Crippen molar-refractivity contribution in [2.24, 2.45) is 0 Å². The van der Waals surface area contributed by atoms with Gasteiger partial charge in [0.25, 0.3) is 0 Å². The number of carbonyl (C=O) groups is 1. The smallest absolute Gasteiger partial charge is 0.328 e. The Bertz CT molecular complexity index is 1120. The van der Waals surface area contributed by atoms with Crippen molar-refractivity contribution in [3.8, 4) is 0 Å². The lowest BCUT2D eigenvalue weighted by Gasteiger charge is -2.21. The predicted octanol–water partition coefficient (Wildman–Crippen LogP) is 6.16. The molecule has 0 spiro atoms. The summed E-state index contributed by atoms with van der Waals surface area (Å²) < 4.78 is 2.29. The number of rotatable bonds is 6. The van der Waals surface area contributed by atoms with E-state index in [4.69, 9.17) is 5.11 Å². The second kappa shape index (κ2) is 8.19. The molecule has 0 saturated heterocycles. The second-order valence-corrected chi connectivity index (χ2v) is 7.08. The highest BCUT2D eigenvalue weighted by atomic mass is 16.4. The molecule has 0 bridgehead atoms. The first-order valence-corrected chi connectivity index (χ1v) is 9.81. The molecule has 0 saturated carbocycles. The van der Waals surface area contributed by atoms with Gasteiger partial charge >= 0.3 is 5.97 Å². The zero-order valence-corrected chi connectivity index (χ0v) is 16.3. The molecule has 29 heavy (non-hydrogen) atoms. The first kappa shape index (κ1) is 18.8. The summed E-state index contributed by atoms with van der Waals surface area (Å²) in [5, 5.41) is 10.2. The Morgan fingerprint density at radius 3 is 2.10 bits per heavy atom. The van der Waals surface area contributed by atoms with E-state index in [1.807, 2.05) is 25.1 Å². The summed E-state index contributed by atoms with van der Waals surface area (Å²) in [6.07, 6.45) is 4.09. The maximum absolute atomic E-state index is 11.1. The minimum absolute atomic E-state index is 0.0703. The van der Waals surface area contributed by atoms with Crippen molar-refractivity contribution in [1.82, 2.24) is 4.57 Å². The van der Waals surface area contributed by atoms with Crippen LogP contribution in [-0.4, -0.2) is 15.6 Å². The number of fused-ring (bicyclic) bond motifs is 1. The van der Waals surface area contributed by atoms with Crippen molar-refractivity contribution >= 4 is 22.4 Å². The molecule has 4 aromatic rings. The van der Waals surface area contributed by atoms with Crippen LogP contribution in [-0.2, 0) is 4.79 Å². The number of hydrogen-bond donors (Lipinski definition) is 1. The van der Waals surface area contributed by atoms with E-state index in [1.54, 1.807) is 0 Å². The molecule has 0 aliphatic rings. The molecular formula is C26H23NO2. The van der Waals surface area contributed by atoms with Crippen LogP contribution in [0.2, 0.25) is 0 Å². The van der Waals surface area contributed by atoms with Gasteiger partial charge in [0, 0.05) is 23.2 Å². The summed E-state index contributed by atoms with van der Waals surface area (Å²) in [7, 11) is 0. The Labute approximate surface area is 170 Å². The SMILES string of the molecule is CC/C(=C\C(=O)O)c1ccc2c(ccn2C(c2ccccc2)c2ccccc2)c1. The van der Waals surface area contributed by atoms with Gasteiger partial charge < -0.3 is 9.67 Å². The Balaban J connectivity index is 1.84. The van der Waals surface area contributed by atoms with Gasteiger partial charge in [0.2, 0.25) is 0 Å². The van der Waals surface area contributed by atoms with Gasteiger partial charge in [-0.1, -0.05) is 73.7 Å². The van der Waals surface area contributed by atoms with Crippen molar-refractivity contribution in [3.63, 3.8) is 0 Å². The fraction of sp³-hybridized carbons (Fsp3) is 0.115. The van der Waals surface area contributed by atoms with E-state index in [9.17, 15) is 4.79 Å². The molecule has 1 N–H and O–H groups in total. The summed E-state index contributed by atoms with van der Waals surface area (Å²) in [5.74, 6) is -0.910. The number of hydrogen-bond acceptors (Lipinski definition) is 1. The normalized spacial score (nSPS) is 11.9. The van der Waals surface area contributed by atoms with Crippen LogP contribution in [0.25, 0.3) is 16.5 Å². The summed E-state index contributed by atoms with van der Waals surface area (Å²) >= 11 is 0. The number of carboxylic acids is 1. The zero-order chi connectivity index (χ0) is 20.2. The zero-order valence-electron chi connectivity index (χ0n) is 16.3. The number of nitrogens with zero attached hydrogens (tertiary/aromatic N) is 1.